The highest BCUT2D eigenvalue weighted by molar-refractivity contribution is 5.95. The molecule has 0 aliphatic heterocycles. The van der Waals surface area contributed by atoms with E-state index in [-0.39, 0.29) is 49.2 Å². The van der Waals surface area contributed by atoms with Gasteiger partial charge in [0.05, 0.1) is 26.4 Å². The summed E-state index contributed by atoms with van der Waals surface area (Å²) in [6, 6.07) is 20.7. The minimum atomic E-state index is -0.554. The van der Waals surface area contributed by atoms with Crippen LogP contribution >= 0.6 is 0 Å². The molecule has 42 heavy (non-hydrogen) atoms. The summed E-state index contributed by atoms with van der Waals surface area (Å²) in [7, 11) is 0. The zero-order valence-electron chi connectivity index (χ0n) is 23.9. The molecule has 0 fully saturated rings. The molecule has 10 nitrogen and oxygen atoms in total. The molecule has 0 unspecified atom stereocenters. The summed E-state index contributed by atoms with van der Waals surface area (Å²) < 4.78 is 23.8. The first-order valence-electron chi connectivity index (χ1n) is 13.7. The van der Waals surface area contributed by atoms with Crippen LogP contribution in [0, 0.1) is 0 Å². The van der Waals surface area contributed by atoms with Crippen molar-refractivity contribution in [2.24, 2.45) is 0 Å². The summed E-state index contributed by atoms with van der Waals surface area (Å²) in [6.45, 7) is 7.62. The maximum absolute atomic E-state index is 12.6. The second-order valence-corrected chi connectivity index (χ2v) is 8.85. The first-order valence-corrected chi connectivity index (χ1v) is 13.7. The summed E-state index contributed by atoms with van der Waals surface area (Å²) in [5.41, 5.74) is 3.70. The summed E-state index contributed by atoms with van der Waals surface area (Å²) in [4.78, 5) is 50.4. The minimum absolute atomic E-state index is 0.194. The molecule has 0 saturated heterocycles. The van der Waals surface area contributed by atoms with Crippen LogP contribution in [0.5, 0.6) is 0 Å². The van der Waals surface area contributed by atoms with Crippen molar-refractivity contribution in [2.45, 2.75) is 27.7 Å². The average molecular weight is 573 g/mol. The Bertz CT molecular complexity index is 1390. The van der Waals surface area contributed by atoms with Crippen LogP contribution in [0.25, 0.3) is 22.5 Å². The molecule has 0 amide bonds. The van der Waals surface area contributed by atoms with Crippen molar-refractivity contribution >= 4 is 23.9 Å². The first-order chi connectivity index (χ1) is 20.3. The number of rotatable bonds is 11. The van der Waals surface area contributed by atoms with Gasteiger partial charge in [-0.25, -0.2) is 19.2 Å². The van der Waals surface area contributed by atoms with E-state index in [0.29, 0.717) is 11.4 Å². The molecule has 2 heterocycles. The highest BCUT2D eigenvalue weighted by Crippen LogP contribution is 2.27. The van der Waals surface area contributed by atoms with E-state index in [4.69, 9.17) is 18.9 Å². The van der Waals surface area contributed by atoms with Crippen molar-refractivity contribution in [1.82, 2.24) is 9.13 Å². The summed E-state index contributed by atoms with van der Waals surface area (Å²) in [5.74, 6) is -2.21. The van der Waals surface area contributed by atoms with Crippen LogP contribution in [-0.2, 0) is 18.9 Å². The lowest BCUT2D eigenvalue weighted by Gasteiger charge is -2.14. The zero-order chi connectivity index (χ0) is 30.2. The number of carbonyl (C=O) groups excluding carboxylic acids is 4. The normalized spacial score (nSPS) is 10.7. The standard InChI is InChI=1S/C32H32N2O8/c1-5-39-29(35)25-17-18-26(30(36)40-6-2)33(25)23-13-9-21(10-14-23)22-11-15-24(16-12-22)34-27(31(37)41-7-3)19-20-28(34)32(38)42-8-4/h9-20H,5-8H2,1-4H3. The van der Waals surface area contributed by atoms with E-state index in [1.807, 2.05) is 24.3 Å². The van der Waals surface area contributed by atoms with Crippen LogP contribution in [0.1, 0.15) is 69.6 Å². The lowest BCUT2D eigenvalue weighted by molar-refractivity contribution is 0.0490. The van der Waals surface area contributed by atoms with Crippen molar-refractivity contribution < 1.29 is 38.1 Å². The van der Waals surface area contributed by atoms with Crippen LogP contribution < -0.4 is 0 Å². The molecule has 2 aromatic heterocycles. The topological polar surface area (TPSA) is 115 Å². The van der Waals surface area contributed by atoms with Crippen LogP contribution in [0.4, 0.5) is 0 Å². The smallest absolute Gasteiger partial charge is 0.355 e. The predicted molar refractivity (Wildman–Crippen MR) is 154 cm³/mol. The third-order valence-electron chi connectivity index (χ3n) is 6.28. The first kappa shape index (κ1) is 29.9. The van der Waals surface area contributed by atoms with Gasteiger partial charge in [0.2, 0.25) is 0 Å². The SMILES string of the molecule is CCOC(=O)c1ccc(C(=O)OCC)n1-c1ccc(-c2ccc(-n3c(C(=O)OCC)ccc3C(=O)OCC)cc2)cc1. The molecule has 10 heteroatoms. The van der Waals surface area contributed by atoms with E-state index < -0.39 is 23.9 Å². The van der Waals surface area contributed by atoms with E-state index >= 15 is 0 Å². The van der Waals surface area contributed by atoms with Gasteiger partial charge >= 0.3 is 23.9 Å². The second kappa shape index (κ2) is 13.5. The Morgan fingerprint density at radius 2 is 0.667 bits per heavy atom. The van der Waals surface area contributed by atoms with Crippen molar-refractivity contribution in [2.75, 3.05) is 26.4 Å². The molecular formula is C32H32N2O8. The molecule has 0 aliphatic rings. The molecule has 4 aromatic rings. The van der Waals surface area contributed by atoms with E-state index in [2.05, 4.69) is 0 Å². The van der Waals surface area contributed by atoms with Crippen LogP contribution in [-0.4, -0.2) is 59.4 Å². The van der Waals surface area contributed by atoms with Gasteiger partial charge in [-0.15, -0.1) is 0 Å². The number of benzene rings is 2. The molecule has 0 aliphatic carbocycles. The van der Waals surface area contributed by atoms with Crippen LogP contribution in [0.15, 0.2) is 72.8 Å². The highest BCUT2D eigenvalue weighted by Gasteiger charge is 2.24. The van der Waals surface area contributed by atoms with E-state index in [1.165, 1.54) is 33.4 Å². The summed E-state index contributed by atoms with van der Waals surface area (Å²) in [5, 5.41) is 0. The second-order valence-electron chi connectivity index (χ2n) is 8.85. The Hall–Kier alpha value is -5.12. The molecule has 4 rings (SSSR count). The van der Waals surface area contributed by atoms with Gasteiger partial charge in [-0.2, -0.15) is 0 Å². The third kappa shape index (κ3) is 6.12. The average Bonchev–Trinajstić information content (AvgIpc) is 3.64. The Morgan fingerprint density at radius 1 is 0.429 bits per heavy atom. The van der Waals surface area contributed by atoms with Gasteiger partial charge in [0.25, 0.3) is 0 Å². The molecule has 218 valence electrons. The Balaban J connectivity index is 1.68. The predicted octanol–water partition coefficient (Wildman–Crippen LogP) is 5.64. The number of hydrogen-bond acceptors (Lipinski definition) is 8. The molecular weight excluding hydrogens is 540 g/mol. The Kier molecular flexibility index (Phi) is 9.59. The number of hydrogen-bond donors (Lipinski definition) is 0. The van der Waals surface area contributed by atoms with Crippen molar-refractivity contribution in [3.05, 3.63) is 95.6 Å². The zero-order valence-corrected chi connectivity index (χ0v) is 23.9. The molecule has 2 aromatic carbocycles. The minimum Gasteiger partial charge on any atom is -0.461 e. The lowest BCUT2D eigenvalue weighted by Crippen LogP contribution is -2.16. The van der Waals surface area contributed by atoms with Crippen molar-refractivity contribution in [3.8, 4) is 22.5 Å². The van der Waals surface area contributed by atoms with Gasteiger partial charge < -0.3 is 18.9 Å². The molecule has 0 bridgehead atoms. The Labute approximate surface area is 243 Å². The fraction of sp³-hybridized carbons (Fsp3) is 0.250. The van der Waals surface area contributed by atoms with Gasteiger partial charge in [0.1, 0.15) is 22.8 Å². The summed E-state index contributed by atoms with van der Waals surface area (Å²) in [6.07, 6.45) is 0. The van der Waals surface area contributed by atoms with Crippen molar-refractivity contribution in [3.63, 3.8) is 0 Å². The number of aromatic nitrogens is 2. The maximum Gasteiger partial charge on any atom is 0.355 e. The fourth-order valence-corrected chi connectivity index (χ4v) is 4.49. The van der Waals surface area contributed by atoms with E-state index in [0.717, 1.165) is 11.1 Å². The highest BCUT2D eigenvalue weighted by atomic mass is 16.5. The maximum atomic E-state index is 12.6. The number of esters is 4. The number of ether oxygens (including phenoxy) is 4. The monoisotopic (exact) mass is 572 g/mol. The van der Waals surface area contributed by atoms with Crippen LogP contribution in [0.3, 0.4) is 0 Å². The van der Waals surface area contributed by atoms with Gasteiger partial charge in [0.15, 0.2) is 0 Å². The molecule has 0 spiro atoms. The van der Waals surface area contributed by atoms with Gasteiger partial charge in [-0.1, -0.05) is 24.3 Å². The Morgan fingerprint density at radius 3 is 0.881 bits per heavy atom. The molecule has 0 saturated carbocycles. The number of carbonyl (C=O) groups is 4. The summed E-state index contributed by atoms with van der Waals surface area (Å²) >= 11 is 0. The lowest BCUT2D eigenvalue weighted by atomic mass is 10.0. The molecule has 0 atom stereocenters. The van der Waals surface area contributed by atoms with Gasteiger partial charge in [0, 0.05) is 11.4 Å². The van der Waals surface area contributed by atoms with Gasteiger partial charge in [-0.3, -0.25) is 9.13 Å². The largest absolute Gasteiger partial charge is 0.461 e. The van der Waals surface area contributed by atoms with Crippen molar-refractivity contribution in [1.29, 1.82) is 0 Å². The van der Waals surface area contributed by atoms with E-state index in [1.54, 1.807) is 52.0 Å². The third-order valence-corrected chi connectivity index (χ3v) is 6.28. The van der Waals surface area contributed by atoms with Crippen LogP contribution in [0.2, 0.25) is 0 Å². The van der Waals surface area contributed by atoms with Gasteiger partial charge in [-0.05, 0) is 87.4 Å². The quantitative estimate of drug-likeness (QED) is 0.168. The molecule has 0 N–H and O–H groups in total. The van der Waals surface area contributed by atoms with E-state index in [9.17, 15) is 19.2 Å². The number of nitrogens with zero attached hydrogens (tertiary/aromatic N) is 2. The fourth-order valence-electron chi connectivity index (χ4n) is 4.49. The molecule has 0 radical (unpaired) electrons.